The number of carboxylic acid groups (broad SMARTS) is 1. The Kier molecular flexibility index (Phi) is 4.73. The highest BCUT2D eigenvalue weighted by Gasteiger charge is 2.40. The summed E-state index contributed by atoms with van der Waals surface area (Å²) >= 11 is 0. The van der Waals surface area contributed by atoms with Crippen LogP contribution in [0, 0.1) is 5.92 Å². The first-order valence-electron chi connectivity index (χ1n) is 7.52. The van der Waals surface area contributed by atoms with Crippen LogP contribution < -0.4 is 0 Å². The first-order chi connectivity index (χ1) is 9.53. The number of rotatable bonds is 7. The monoisotopic (exact) mass is 280 g/mol. The van der Waals surface area contributed by atoms with Crippen molar-refractivity contribution in [3.05, 3.63) is 5.82 Å². The second kappa shape index (κ2) is 6.33. The lowest BCUT2D eigenvalue weighted by Crippen LogP contribution is -2.29. The molecule has 0 unspecified atom stereocenters. The summed E-state index contributed by atoms with van der Waals surface area (Å²) in [6.45, 7) is 5.06. The van der Waals surface area contributed by atoms with Crippen LogP contribution in [0.25, 0.3) is 0 Å². The van der Waals surface area contributed by atoms with Crippen molar-refractivity contribution in [3.63, 3.8) is 0 Å². The summed E-state index contributed by atoms with van der Waals surface area (Å²) in [5.74, 6) is 0.809. The zero-order valence-electron chi connectivity index (χ0n) is 12.4. The van der Waals surface area contributed by atoms with Gasteiger partial charge in [-0.2, -0.15) is 0 Å². The summed E-state index contributed by atoms with van der Waals surface area (Å²) in [5, 5.41) is 20.9. The molecule has 1 aliphatic carbocycles. The van der Waals surface area contributed by atoms with Crippen LogP contribution in [-0.2, 0) is 16.8 Å². The normalized spacial score (nSPS) is 17.8. The van der Waals surface area contributed by atoms with E-state index in [4.69, 9.17) is 5.11 Å². The predicted octanol–water partition coefficient (Wildman–Crippen LogP) is 2.40. The Labute approximate surface area is 119 Å². The van der Waals surface area contributed by atoms with Gasteiger partial charge in [-0.25, -0.2) is 4.68 Å². The second-order valence-corrected chi connectivity index (χ2v) is 6.31. The van der Waals surface area contributed by atoms with Crippen molar-refractivity contribution in [2.45, 2.75) is 70.8 Å². The topological polar surface area (TPSA) is 80.9 Å². The van der Waals surface area contributed by atoms with E-state index in [1.807, 2.05) is 4.68 Å². The maximum atomic E-state index is 10.6. The molecule has 1 N–H and O–H groups in total. The van der Waals surface area contributed by atoms with Crippen LogP contribution in [0.3, 0.4) is 0 Å². The molecule has 0 bridgehead atoms. The molecule has 0 radical (unpaired) electrons. The highest BCUT2D eigenvalue weighted by molar-refractivity contribution is 5.66. The number of hydrogen-bond donors (Lipinski definition) is 1. The lowest BCUT2D eigenvalue weighted by molar-refractivity contribution is -0.137. The molecule has 20 heavy (non-hydrogen) atoms. The molecule has 6 nitrogen and oxygen atoms in total. The molecule has 1 fully saturated rings. The van der Waals surface area contributed by atoms with Gasteiger partial charge in [0.2, 0.25) is 0 Å². The first-order valence-corrected chi connectivity index (χ1v) is 7.52. The van der Waals surface area contributed by atoms with Crippen molar-refractivity contribution in [2.75, 3.05) is 0 Å². The van der Waals surface area contributed by atoms with Gasteiger partial charge in [-0.05, 0) is 42.0 Å². The second-order valence-electron chi connectivity index (χ2n) is 6.31. The smallest absolute Gasteiger partial charge is 0.303 e. The molecule has 0 saturated heterocycles. The lowest BCUT2D eigenvalue weighted by Gasteiger charge is -2.29. The van der Waals surface area contributed by atoms with Gasteiger partial charge in [0.05, 0.1) is 0 Å². The maximum Gasteiger partial charge on any atom is 0.303 e. The molecule has 112 valence electrons. The van der Waals surface area contributed by atoms with Gasteiger partial charge in [0.15, 0.2) is 5.82 Å². The Balaban J connectivity index is 2.13. The van der Waals surface area contributed by atoms with Crippen LogP contribution in [0.5, 0.6) is 0 Å². The molecule has 1 aliphatic rings. The van der Waals surface area contributed by atoms with E-state index >= 15 is 0 Å². The predicted molar refractivity (Wildman–Crippen MR) is 74.3 cm³/mol. The number of aromatic nitrogens is 4. The zero-order valence-corrected chi connectivity index (χ0v) is 12.4. The molecule has 0 atom stereocenters. The zero-order chi connectivity index (χ0) is 14.6. The standard InChI is InChI=1S/C14H24N4O2/c1-11(2)10-14(7-3-4-8-14)13-15-16-17-18(13)9-5-6-12(19)20/h11H,3-10H2,1-2H3,(H,19,20). The molecule has 0 aromatic carbocycles. The molecule has 0 spiro atoms. The van der Waals surface area contributed by atoms with E-state index in [9.17, 15) is 4.79 Å². The first kappa shape index (κ1) is 14.9. The van der Waals surface area contributed by atoms with Crippen LogP contribution >= 0.6 is 0 Å². The van der Waals surface area contributed by atoms with Crippen molar-refractivity contribution in [3.8, 4) is 0 Å². The summed E-state index contributed by atoms with van der Waals surface area (Å²) in [5.41, 5.74) is 0.0981. The fraction of sp³-hybridized carbons (Fsp3) is 0.857. The van der Waals surface area contributed by atoms with Gasteiger partial charge >= 0.3 is 5.97 Å². The van der Waals surface area contributed by atoms with E-state index in [-0.39, 0.29) is 11.8 Å². The van der Waals surface area contributed by atoms with Crippen molar-refractivity contribution in [2.24, 2.45) is 5.92 Å². The average Bonchev–Trinajstić information content (AvgIpc) is 2.97. The number of aliphatic carboxylic acids is 1. The Bertz CT molecular complexity index is 450. The summed E-state index contributed by atoms with van der Waals surface area (Å²) in [4.78, 5) is 10.6. The lowest BCUT2D eigenvalue weighted by atomic mass is 9.77. The Morgan fingerprint density at radius 3 is 2.70 bits per heavy atom. The van der Waals surface area contributed by atoms with Crippen LogP contribution in [0.2, 0.25) is 0 Å². The largest absolute Gasteiger partial charge is 0.481 e. The summed E-state index contributed by atoms with van der Waals surface area (Å²) < 4.78 is 1.83. The molecular formula is C14H24N4O2. The van der Waals surface area contributed by atoms with E-state index in [2.05, 4.69) is 29.4 Å². The van der Waals surface area contributed by atoms with E-state index in [0.717, 1.165) is 25.1 Å². The Morgan fingerprint density at radius 1 is 1.40 bits per heavy atom. The highest BCUT2D eigenvalue weighted by Crippen LogP contribution is 2.44. The summed E-state index contributed by atoms with van der Waals surface area (Å²) in [6.07, 6.45) is 6.59. The highest BCUT2D eigenvalue weighted by atomic mass is 16.4. The quantitative estimate of drug-likeness (QED) is 0.829. The van der Waals surface area contributed by atoms with Crippen LogP contribution in [0.1, 0.15) is 64.6 Å². The minimum atomic E-state index is -0.766. The van der Waals surface area contributed by atoms with Gasteiger partial charge in [0.25, 0.3) is 0 Å². The Morgan fingerprint density at radius 2 is 2.10 bits per heavy atom. The molecule has 0 aliphatic heterocycles. The van der Waals surface area contributed by atoms with Crippen LogP contribution in [0.15, 0.2) is 0 Å². The van der Waals surface area contributed by atoms with E-state index in [1.165, 1.54) is 12.8 Å². The minimum absolute atomic E-state index is 0.0981. The summed E-state index contributed by atoms with van der Waals surface area (Å²) in [6, 6.07) is 0. The number of carboxylic acids is 1. The molecular weight excluding hydrogens is 256 g/mol. The number of carbonyl (C=O) groups is 1. The average molecular weight is 280 g/mol. The third kappa shape index (κ3) is 3.35. The number of aryl methyl sites for hydroxylation is 1. The molecule has 1 saturated carbocycles. The van der Waals surface area contributed by atoms with Gasteiger partial charge in [0, 0.05) is 18.4 Å². The number of nitrogens with zero attached hydrogens (tertiary/aromatic N) is 4. The molecule has 1 aromatic rings. The van der Waals surface area contributed by atoms with Crippen molar-refractivity contribution in [1.82, 2.24) is 20.2 Å². The van der Waals surface area contributed by atoms with Gasteiger partial charge < -0.3 is 5.11 Å². The number of hydrogen-bond acceptors (Lipinski definition) is 4. The van der Waals surface area contributed by atoms with Gasteiger partial charge in [-0.1, -0.05) is 26.7 Å². The maximum absolute atomic E-state index is 10.6. The van der Waals surface area contributed by atoms with E-state index in [0.29, 0.717) is 18.9 Å². The molecule has 0 amide bonds. The van der Waals surface area contributed by atoms with Crippen LogP contribution in [-0.4, -0.2) is 31.3 Å². The molecule has 1 heterocycles. The van der Waals surface area contributed by atoms with Gasteiger partial charge in [-0.3, -0.25) is 4.79 Å². The van der Waals surface area contributed by atoms with Crippen LogP contribution in [0.4, 0.5) is 0 Å². The molecule has 6 heteroatoms. The fourth-order valence-electron chi connectivity index (χ4n) is 3.47. The molecule has 1 aromatic heterocycles. The fourth-order valence-corrected chi connectivity index (χ4v) is 3.47. The van der Waals surface area contributed by atoms with E-state index in [1.54, 1.807) is 0 Å². The third-order valence-electron chi connectivity index (χ3n) is 4.13. The Hall–Kier alpha value is -1.46. The third-order valence-corrected chi connectivity index (χ3v) is 4.13. The minimum Gasteiger partial charge on any atom is -0.481 e. The number of tetrazole rings is 1. The van der Waals surface area contributed by atoms with Crippen molar-refractivity contribution in [1.29, 1.82) is 0 Å². The van der Waals surface area contributed by atoms with Crippen molar-refractivity contribution < 1.29 is 9.90 Å². The van der Waals surface area contributed by atoms with Gasteiger partial charge in [-0.15, -0.1) is 5.10 Å². The SMILES string of the molecule is CC(C)CC1(c2nnnn2CCCC(=O)O)CCCC1. The summed E-state index contributed by atoms with van der Waals surface area (Å²) in [7, 11) is 0. The van der Waals surface area contributed by atoms with Crippen molar-refractivity contribution >= 4 is 5.97 Å². The molecule has 2 rings (SSSR count). The van der Waals surface area contributed by atoms with E-state index < -0.39 is 5.97 Å². The van der Waals surface area contributed by atoms with Gasteiger partial charge in [0.1, 0.15) is 0 Å².